The first-order chi connectivity index (χ1) is 14.4. The summed E-state index contributed by atoms with van der Waals surface area (Å²) in [6.45, 7) is 4.87. The Morgan fingerprint density at radius 3 is 2.57 bits per heavy atom. The summed E-state index contributed by atoms with van der Waals surface area (Å²) in [5, 5.41) is 7.31. The Balaban J connectivity index is 1.60. The van der Waals surface area contributed by atoms with Crippen LogP contribution < -0.4 is 14.2 Å². The van der Waals surface area contributed by atoms with Gasteiger partial charge in [0.1, 0.15) is 5.75 Å². The molecule has 0 aromatic heterocycles. The standard InChI is InChI=1S/C24H28N2O4/c1-23(2)15-24(12-13-29-23)26-20(18-6-5-7-21(28-4)22(18)30-24)14-19(25-26)16-8-10-17(27-3)11-9-16/h5-11,20H,12-15H2,1-4H3/t20-,24-/m1/s1. The molecule has 1 spiro atoms. The Morgan fingerprint density at radius 2 is 1.87 bits per heavy atom. The highest BCUT2D eigenvalue weighted by Crippen LogP contribution is 2.54. The van der Waals surface area contributed by atoms with Crippen LogP contribution in [0.1, 0.15) is 50.3 Å². The van der Waals surface area contributed by atoms with Crippen molar-refractivity contribution in [1.29, 1.82) is 0 Å². The molecule has 2 atom stereocenters. The number of rotatable bonds is 3. The monoisotopic (exact) mass is 408 g/mol. The van der Waals surface area contributed by atoms with Gasteiger partial charge in [0.15, 0.2) is 11.5 Å². The molecule has 3 aliphatic heterocycles. The van der Waals surface area contributed by atoms with E-state index in [4.69, 9.17) is 24.0 Å². The Hall–Kier alpha value is -2.73. The van der Waals surface area contributed by atoms with Crippen molar-refractivity contribution < 1.29 is 18.9 Å². The minimum absolute atomic E-state index is 0.106. The van der Waals surface area contributed by atoms with Crippen LogP contribution in [-0.4, -0.2) is 42.9 Å². The molecule has 2 aromatic rings. The summed E-state index contributed by atoms with van der Waals surface area (Å²) in [6, 6.07) is 14.3. The molecule has 0 aliphatic carbocycles. The summed E-state index contributed by atoms with van der Waals surface area (Å²) in [7, 11) is 3.38. The highest BCUT2D eigenvalue weighted by Gasteiger charge is 2.55. The molecule has 1 fully saturated rings. The highest BCUT2D eigenvalue weighted by atomic mass is 16.6. The van der Waals surface area contributed by atoms with Gasteiger partial charge in [-0.1, -0.05) is 12.1 Å². The van der Waals surface area contributed by atoms with Crippen LogP contribution >= 0.6 is 0 Å². The number of benzene rings is 2. The zero-order valence-corrected chi connectivity index (χ0v) is 18.0. The Labute approximate surface area is 177 Å². The van der Waals surface area contributed by atoms with E-state index in [0.29, 0.717) is 6.61 Å². The summed E-state index contributed by atoms with van der Waals surface area (Å²) < 4.78 is 23.7. The summed E-state index contributed by atoms with van der Waals surface area (Å²) >= 11 is 0. The molecule has 0 unspecified atom stereocenters. The second-order valence-electron chi connectivity index (χ2n) is 8.80. The fourth-order valence-corrected chi connectivity index (χ4v) is 4.96. The van der Waals surface area contributed by atoms with Gasteiger partial charge in [-0.25, -0.2) is 5.01 Å². The molecule has 0 saturated carbocycles. The Morgan fingerprint density at radius 1 is 1.07 bits per heavy atom. The summed E-state index contributed by atoms with van der Waals surface area (Å²) in [5.41, 5.74) is 2.45. The van der Waals surface area contributed by atoms with E-state index in [1.165, 1.54) is 0 Å². The van der Waals surface area contributed by atoms with Gasteiger partial charge in [-0.15, -0.1) is 0 Å². The number of para-hydroxylation sites is 1. The summed E-state index contributed by atoms with van der Waals surface area (Å²) in [4.78, 5) is 0. The number of hydrogen-bond acceptors (Lipinski definition) is 6. The molecule has 6 nitrogen and oxygen atoms in total. The maximum Gasteiger partial charge on any atom is 0.203 e. The SMILES string of the molecule is COc1ccc(C2=NN3[C@H](C2)c2cccc(OC)c2O[C@@]32CCOC(C)(C)C2)cc1. The van der Waals surface area contributed by atoms with Crippen molar-refractivity contribution >= 4 is 5.71 Å². The molecule has 6 heteroatoms. The largest absolute Gasteiger partial charge is 0.497 e. The average Bonchev–Trinajstić information content (AvgIpc) is 3.20. The van der Waals surface area contributed by atoms with Crippen LogP contribution in [0.4, 0.5) is 0 Å². The molecular formula is C24H28N2O4. The van der Waals surface area contributed by atoms with Gasteiger partial charge in [0.25, 0.3) is 0 Å². The molecule has 158 valence electrons. The number of methoxy groups -OCH3 is 2. The van der Waals surface area contributed by atoms with Gasteiger partial charge in [-0.05, 0) is 49.7 Å². The predicted molar refractivity (Wildman–Crippen MR) is 114 cm³/mol. The lowest BCUT2D eigenvalue weighted by Crippen LogP contribution is -2.60. The van der Waals surface area contributed by atoms with E-state index in [1.54, 1.807) is 14.2 Å². The molecule has 3 heterocycles. The van der Waals surface area contributed by atoms with Crippen molar-refractivity contribution in [2.45, 2.75) is 50.5 Å². The van der Waals surface area contributed by atoms with Crippen LogP contribution in [0.2, 0.25) is 0 Å². The van der Waals surface area contributed by atoms with Gasteiger partial charge in [0.05, 0.1) is 38.2 Å². The lowest BCUT2D eigenvalue weighted by molar-refractivity contribution is -0.212. The maximum absolute atomic E-state index is 6.75. The minimum Gasteiger partial charge on any atom is -0.497 e. The van der Waals surface area contributed by atoms with Crippen LogP contribution in [-0.2, 0) is 4.74 Å². The predicted octanol–water partition coefficient (Wildman–Crippen LogP) is 4.53. The molecule has 5 rings (SSSR count). The zero-order valence-electron chi connectivity index (χ0n) is 18.0. The van der Waals surface area contributed by atoms with E-state index in [1.807, 2.05) is 24.3 Å². The first-order valence-electron chi connectivity index (χ1n) is 10.5. The van der Waals surface area contributed by atoms with Crippen LogP contribution in [0.25, 0.3) is 0 Å². The van der Waals surface area contributed by atoms with Crippen molar-refractivity contribution in [1.82, 2.24) is 5.01 Å². The number of nitrogens with zero attached hydrogens (tertiary/aromatic N) is 2. The molecule has 3 aliphatic rings. The molecule has 0 N–H and O–H groups in total. The van der Waals surface area contributed by atoms with Crippen LogP contribution in [0, 0.1) is 0 Å². The van der Waals surface area contributed by atoms with E-state index >= 15 is 0 Å². The molecule has 0 amide bonds. The lowest BCUT2D eigenvalue weighted by atomic mass is 9.86. The van der Waals surface area contributed by atoms with Gasteiger partial charge >= 0.3 is 0 Å². The van der Waals surface area contributed by atoms with E-state index in [2.05, 4.69) is 37.1 Å². The normalized spacial score (nSPS) is 26.5. The number of hydrazone groups is 1. The number of hydrogen-bond donors (Lipinski definition) is 0. The van der Waals surface area contributed by atoms with Crippen molar-refractivity contribution in [2.24, 2.45) is 5.10 Å². The number of ether oxygens (including phenoxy) is 4. The Bertz CT molecular complexity index is 985. The quantitative estimate of drug-likeness (QED) is 0.747. The first kappa shape index (κ1) is 19.2. The van der Waals surface area contributed by atoms with Crippen molar-refractivity contribution in [3.63, 3.8) is 0 Å². The summed E-state index contributed by atoms with van der Waals surface area (Å²) in [6.07, 6.45) is 2.30. The topological polar surface area (TPSA) is 52.5 Å². The van der Waals surface area contributed by atoms with Gasteiger partial charge < -0.3 is 18.9 Å². The molecule has 0 radical (unpaired) electrons. The van der Waals surface area contributed by atoms with Crippen molar-refractivity contribution in [3.8, 4) is 17.2 Å². The third-order valence-electron chi connectivity index (χ3n) is 6.32. The lowest BCUT2D eigenvalue weighted by Gasteiger charge is -2.52. The Kier molecular flexibility index (Phi) is 4.43. The number of fused-ring (bicyclic) bond motifs is 4. The van der Waals surface area contributed by atoms with Gasteiger partial charge in [0.2, 0.25) is 5.72 Å². The van der Waals surface area contributed by atoms with Crippen molar-refractivity contribution in [3.05, 3.63) is 53.6 Å². The summed E-state index contributed by atoms with van der Waals surface area (Å²) in [5.74, 6) is 2.45. The van der Waals surface area contributed by atoms with E-state index in [0.717, 1.165) is 53.3 Å². The minimum atomic E-state index is -0.553. The third kappa shape index (κ3) is 3.01. The molecule has 0 bridgehead atoms. The smallest absolute Gasteiger partial charge is 0.203 e. The second-order valence-corrected chi connectivity index (χ2v) is 8.80. The van der Waals surface area contributed by atoms with Gasteiger partial charge in [-0.3, -0.25) is 0 Å². The third-order valence-corrected chi connectivity index (χ3v) is 6.32. The first-order valence-corrected chi connectivity index (χ1v) is 10.5. The van der Waals surface area contributed by atoms with Gasteiger partial charge in [0, 0.05) is 24.8 Å². The van der Waals surface area contributed by atoms with Gasteiger partial charge in [-0.2, -0.15) is 5.10 Å². The van der Waals surface area contributed by atoms with E-state index < -0.39 is 5.72 Å². The van der Waals surface area contributed by atoms with Crippen molar-refractivity contribution in [2.75, 3.05) is 20.8 Å². The molecule has 30 heavy (non-hydrogen) atoms. The maximum atomic E-state index is 6.75. The van der Waals surface area contributed by atoms with Crippen LogP contribution in [0.5, 0.6) is 17.2 Å². The van der Waals surface area contributed by atoms with E-state index in [9.17, 15) is 0 Å². The zero-order chi connectivity index (χ0) is 20.9. The second kappa shape index (κ2) is 6.91. The van der Waals surface area contributed by atoms with Crippen LogP contribution in [0.15, 0.2) is 47.6 Å². The fraction of sp³-hybridized carbons (Fsp3) is 0.458. The molecule has 2 aromatic carbocycles. The van der Waals surface area contributed by atoms with E-state index in [-0.39, 0.29) is 11.6 Å². The fourth-order valence-electron chi connectivity index (χ4n) is 4.96. The molecular weight excluding hydrogens is 380 g/mol. The molecule has 1 saturated heterocycles. The van der Waals surface area contributed by atoms with Crippen LogP contribution in [0.3, 0.4) is 0 Å². The average molecular weight is 408 g/mol. The highest BCUT2D eigenvalue weighted by molar-refractivity contribution is 6.02.